The number of nitrogens with zero attached hydrogens (tertiary/aromatic N) is 2. The summed E-state index contributed by atoms with van der Waals surface area (Å²) in [5.74, 6) is -1.19. The smallest absolute Gasteiger partial charge is 0.545 e. The number of carboxylic acid groups (broad SMARTS) is 2. The molecule has 4 rings (SSSR count). The Bertz CT molecular complexity index is 1110. The molecule has 0 spiro atoms. The predicted octanol–water partition coefficient (Wildman–Crippen LogP) is -5.14. The summed E-state index contributed by atoms with van der Waals surface area (Å²) in [5.41, 5.74) is 1.90. The van der Waals surface area contributed by atoms with Crippen LogP contribution in [0.15, 0.2) is 97.3 Å². The van der Waals surface area contributed by atoms with Crippen LogP contribution in [0.5, 0.6) is 11.5 Å². The van der Waals surface area contributed by atoms with Gasteiger partial charge < -0.3 is 73.1 Å². The number of hydrogen-bond acceptors (Lipinski definition) is 8. The summed E-state index contributed by atoms with van der Waals surface area (Å²) in [6, 6.07) is 23.3. The zero-order chi connectivity index (χ0) is 24.2. The molecule has 0 amide bonds. The molecule has 22 N–H and O–H groups in total. The second-order valence-electron chi connectivity index (χ2n) is 6.84. The molecule has 1 radical (unpaired) electrons. The zero-order valence-electron chi connectivity index (χ0n) is 22.8. The first kappa shape index (κ1) is 54.5. The maximum absolute atomic E-state index is 10.5. The number of carbonyl (C=O) groups is 2. The van der Waals surface area contributed by atoms with Crippen LogP contribution in [0.2, 0.25) is 0 Å². The maximum Gasteiger partial charge on any atom is 2.00 e. The minimum absolute atomic E-state index is 0. The number of carboxylic acids is 2. The zero-order valence-corrected chi connectivity index (χ0v) is 24.0. The second kappa shape index (κ2) is 29.0. The number of ether oxygens (including phenoxy) is 2. The molecule has 0 atom stereocenters. The Kier molecular flexibility index (Phi) is 36.8. The third-order valence-electron chi connectivity index (χ3n) is 4.41. The van der Waals surface area contributed by atoms with Crippen molar-refractivity contribution in [3.63, 3.8) is 0 Å². The van der Waals surface area contributed by atoms with Crippen LogP contribution >= 0.6 is 0 Å². The van der Waals surface area contributed by atoms with Crippen LogP contribution in [0.3, 0.4) is 0 Å². The van der Waals surface area contributed by atoms with Crippen LogP contribution < -0.4 is 19.7 Å². The Hall–Kier alpha value is -4.52. The van der Waals surface area contributed by atoms with E-state index in [0.29, 0.717) is 24.7 Å². The number of pyridine rings is 2. The molecule has 0 unspecified atom stereocenters. The average molecular weight is 662 g/mol. The van der Waals surface area contributed by atoms with Gasteiger partial charge in [0.1, 0.15) is 24.7 Å². The van der Waals surface area contributed by atoms with Gasteiger partial charge in [-0.3, -0.25) is 9.97 Å². The van der Waals surface area contributed by atoms with Gasteiger partial charge >= 0.3 is 17.1 Å². The summed E-state index contributed by atoms with van der Waals surface area (Å²) in [5, 5.41) is 21.1. The van der Waals surface area contributed by atoms with Crippen molar-refractivity contribution in [2.75, 3.05) is 0 Å². The minimum atomic E-state index is -1.19. The van der Waals surface area contributed by atoms with Gasteiger partial charge in [0.2, 0.25) is 0 Å². The van der Waals surface area contributed by atoms with E-state index in [2.05, 4.69) is 9.97 Å². The molecule has 16 nitrogen and oxygen atoms in total. The first-order chi connectivity index (χ1) is 16.5. The molecule has 0 bridgehead atoms. The molecule has 0 saturated heterocycles. The van der Waals surface area contributed by atoms with Gasteiger partial charge in [0.25, 0.3) is 0 Å². The van der Waals surface area contributed by atoms with Crippen LogP contribution in [0.25, 0.3) is 0 Å². The van der Waals surface area contributed by atoms with Crippen LogP contribution in [0.4, 0.5) is 0 Å². The van der Waals surface area contributed by atoms with Crippen molar-refractivity contribution < 1.29 is 90.2 Å². The molecule has 0 saturated carbocycles. The monoisotopic (exact) mass is 661 g/mol. The van der Waals surface area contributed by atoms with E-state index in [0.717, 1.165) is 11.4 Å². The molecule has 17 heteroatoms. The fourth-order valence-electron chi connectivity index (χ4n) is 2.66. The van der Waals surface area contributed by atoms with Gasteiger partial charge in [0.05, 0.1) is 23.3 Å². The quantitative estimate of drug-likeness (QED) is 0.129. The first-order valence-electron chi connectivity index (χ1n) is 10.2. The number of rotatable bonds is 8. The summed E-state index contributed by atoms with van der Waals surface area (Å²) >= 11 is 0. The van der Waals surface area contributed by atoms with Gasteiger partial charge in [-0.15, -0.1) is 0 Å². The molecule has 0 aliphatic rings. The van der Waals surface area contributed by atoms with Crippen LogP contribution in [-0.4, -0.2) is 32.9 Å². The van der Waals surface area contributed by atoms with Gasteiger partial charge in [-0.25, -0.2) is 0 Å². The standard InChI is InChI=1S/2C13H11NO3.Mn.8H2O/c2*15-13(16)10-4-6-12(7-5-10)17-9-11-3-1-2-8-14-11;;;;;;;;;/h2*1-8H,9H2,(H,15,16);;8*1H2/q;;+2;;;;;;;;/p+4. The number of carbonyl (C=O) groups excluding carboxylic acids is 2. The van der Waals surface area contributed by atoms with Gasteiger partial charge in [-0.2, -0.15) is 0 Å². The Labute approximate surface area is 256 Å². The molecule has 0 fully saturated rings. The van der Waals surface area contributed by atoms with E-state index in [1.54, 1.807) is 36.7 Å². The van der Waals surface area contributed by atoms with Crippen molar-refractivity contribution in [3.8, 4) is 11.5 Å². The SMILES string of the molecule is O.O.O=C([O-])c1ccc(OCc2ccccn2)cc1.O=C([O-])c1ccc(OCc2ccccn2)cc1.[Mn+2].[OH3+].[OH3+].[OH3+].[OH3+].[OH3+].[OH3+]. The molecule has 2 heterocycles. The third-order valence-corrected chi connectivity index (χ3v) is 4.41. The van der Waals surface area contributed by atoms with Crippen molar-refractivity contribution in [2.45, 2.75) is 13.2 Å². The summed E-state index contributed by atoms with van der Waals surface area (Å²) in [7, 11) is 0. The van der Waals surface area contributed by atoms with E-state index in [-0.39, 0.29) is 72.0 Å². The third kappa shape index (κ3) is 19.3. The van der Waals surface area contributed by atoms with Crippen LogP contribution in [0, 0.1) is 0 Å². The normalized spacial score (nSPS) is 7.81. The fourth-order valence-corrected chi connectivity index (χ4v) is 2.66. The van der Waals surface area contributed by atoms with Gasteiger partial charge in [0, 0.05) is 12.4 Å². The Morgan fingerprint density at radius 1 is 0.535 bits per heavy atom. The fraction of sp³-hybridized carbons (Fsp3) is 0.0769. The Morgan fingerprint density at radius 3 is 1.07 bits per heavy atom. The van der Waals surface area contributed by atoms with Gasteiger partial charge in [-0.1, -0.05) is 12.1 Å². The molecule has 43 heavy (non-hydrogen) atoms. The molecule has 0 aliphatic carbocycles. The van der Waals surface area contributed by atoms with Gasteiger partial charge in [0.15, 0.2) is 0 Å². The molecule has 4 aromatic rings. The van der Waals surface area contributed by atoms with E-state index in [4.69, 9.17) is 9.47 Å². The van der Waals surface area contributed by atoms with Crippen molar-refractivity contribution >= 4 is 11.9 Å². The van der Waals surface area contributed by atoms with Crippen LogP contribution in [0.1, 0.15) is 32.1 Å². The molecule has 0 aliphatic heterocycles. The largest absolute Gasteiger partial charge is 2.00 e. The summed E-state index contributed by atoms with van der Waals surface area (Å²) in [6.07, 6.45) is 3.38. The van der Waals surface area contributed by atoms with Crippen molar-refractivity contribution in [1.29, 1.82) is 0 Å². The Morgan fingerprint density at radius 2 is 0.837 bits per heavy atom. The summed E-state index contributed by atoms with van der Waals surface area (Å²) in [6.45, 7) is 0.705. The van der Waals surface area contributed by atoms with E-state index < -0.39 is 11.9 Å². The number of hydrogen-bond donors (Lipinski definition) is 0. The predicted molar refractivity (Wildman–Crippen MR) is 155 cm³/mol. The average Bonchev–Trinajstić information content (AvgIpc) is 2.88. The molecule has 2 aromatic carbocycles. The van der Waals surface area contributed by atoms with Crippen LogP contribution in [-0.2, 0) is 63.1 Å². The molecule has 2 aromatic heterocycles. The number of aromatic carboxylic acids is 2. The minimum Gasteiger partial charge on any atom is -0.545 e. The Balaban J connectivity index is -0.0000000997. The summed E-state index contributed by atoms with van der Waals surface area (Å²) < 4.78 is 10.9. The second-order valence-corrected chi connectivity index (χ2v) is 6.84. The maximum atomic E-state index is 10.5. The van der Waals surface area contributed by atoms with Crippen molar-refractivity contribution in [1.82, 2.24) is 9.97 Å². The van der Waals surface area contributed by atoms with E-state index in [1.807, 2.05) is 36.4 Å². The van der Waals surface area contributed by atoms with Gasteiger partial charge in [-0.05, 0) is 83.9 Å². The molecular weight excluding hydrogens is 619 g/mol. The number of aromatic nitrogens is 2. The van der Waals surface area contributed by atoms with E-state index >= 15 is 0 Å². The van der Waals surface area contributed by atoms with Crippen molar-refractivity contribution in [2.24, 2.45) is 0 Å². The topological polar surface area (TPSA) is 386 Å². The van der Waals surface area contributed by atoms with E-state index in [1.165, 1.54) is 24.3 Å². The van der Waals surface area contributed by atoms with Crippen molar-refractivity contribution in [3.05, 3.63) is 120 Å². The number of benzene rings is 2. The molecular formula is C26H42MnN2O14+6. The molecule has 241 valence electrons. The summed E-state index contributed by atoms with van der Waals surface area (Å²) in [4.78, 5) is 29.3. The first-order valence-corrected chi connectivity index (χ1v) is 10.2. The van der Waals surface area contributed by atoms with E-state index in [9.17, 15) is 19.8 Å².